The maximum absolute atomic E-state index is 13.2. The summed E-state index contributed by atoms with van der Waals surface area (Å²) in [5.74, 6) is -0.925. The second-order valence-corrected chi connectivity index (χ2v) is 8.59. The lowest BCUT2D eigenvalue weighted by Crippen LogP contribution is -2.31. The van der Waals surface area contributed by atoms with Crippen LogP contribution in [0.1, 0.15) is 25.0 Å². The van der Waals surface area contributed by atoms with Crippen molar-refractivity contribution in [3.63, 3.8) is 0 Å². The fourth-order valence-corrected chi connectivity index (χ4v) is 3.91. The molecule has 0 aliphatic heterocycles. The number of hydrogen-bond acceptors (Lipinski definition) is 5. The van der Waals surface area contributed by atoms with E-state index in [2.05, 4.69) is 16.9 Å². The summed E-state index contributed by atoms with van der Waals surface area (Å²) >= 11 is 0. The van der Waals surface area contributed by atoms with Gasteiger partial charge in [0.2, 0.25) is 10.0 Å². The van der Waals surface area contributed by atoms with E-state index in [0.29, 0.717) is 28.1 Å². The van der Waals surface area contributed by atoms with E-state index in [1.54, 1.807) is 19.9 Å². The van der Waals surface area contributed by atoms with Crippen molar-refractivity contribution >= 4 is 44.3 Å². The molecule has 0 atom stereocenters. The predicted molar refractivity (Wildman–Crippen MR) is 120 cm³/mol. The number of rotatable bonds is 7. The fourth-order valence-electron chi connectivity index (χ4n) is 2.94. The number of nitrogens with one attached hydrogen (secondary N) is 1. The molecule has 0 spiro atoms. The summed E-state index contributed by atoms with van der Waals surface area (Å²) in [5.41, 5.74) is 8.55. The molecule has 3 N–H and O–H groups in total. The lowest BCUT2D eigenvalue weighted by molar-refractivity contribution is -0.114. The van der Waals surface area contributed by atoms with Crippen LogP contribution < -0.4 is 15.4 Å². The molecule has 9 heteroatoms. The average molecular weight is 433 g/mol. The van der Waals surface area contributed by atoms with Gasteiger partial charge in [-0.15, -0.1) is 0 Å². The SMILES string of the molecule is C=C(C)c1cc(C(=Nc2ccc(F)cc2)C(=O)NC)c(N)cc1N(CC)S(C)(=O)=O. The Morgan fingerprint density at radius 1 is 1.23 bits per heavy atom. The number of sulfonamides is 1. The van der Waals surface area contributed by atoms with Crippen LogP contribution in [0, 0.1) is 5.82 Å². The van der Waals surface area contributed by atoms with Gasteiger partial charge in [-0.3, -0.25) is 9.10 Å². The zero-order valence-corrected chi connectivity index (χ0v) is 18.2. The van der Waals surface area contributed by atoms with Crippen molar-refractivity contribution in [3.8, 4) is 0 Å². The molecule has 2 aromatic rings. The lowest BCUT2D eigenvalue weighted by atomic mass is 9.98. The highest BCUT2D eigenvalue weighted by molar-refractivity contribution is 7.92. The summed E-state index contributed by atoms with van der Waals surface area (Å²) in [6.07, 6.45) is 1.11. The number of allylic oxidation sites excluding steroid dienone is 1. The second-order valence-electron chi connectivity index (χ2n) is 6.68. The Kier molecular flexibility index (Phi) is 6.99. The summed E-state index contributed by atoms with van der Waals surface area (Å²) < 4.78 is 38.9. The molecular weight excluding hydrogens is 407 g/mol. The first-order valence-corrected chi connectivity index (χ1v) is 11.0. The first-order chi connectivity index (χ1) is 14.0. The topological polar surface area (TPSA) is 105 Å². The van der Waals surface area contributed by atoms with Crippen molar-refractivity contribution in [2.24, 2.45) is 4.99 Å². The Bertz CT molecular complexity index is 1110. The minimum atomic E-state index is -3.56. The molecule has 0 saturated carbocycles. The number of anilines is 2. The molecule has 0 fully saturated rings. The molecule has 0 aromatic heterocycles. The Morgan fingerprint density at radius 2 is 1.83 bits per heavy atom. The van der Waals surface area contributed by atoms with Gasteiger partial charge in [-0.25, -0.2) is 17.8 Å². The summed E-state index contributed by atoms with van der Waals surface area (Å²) in [6, 6.07) is 8.43. The van der Waals surface area contributed by atoms with E-state index in [1.807, 2.05) is 0 Å². The molecule has 1 amide bonds. The first-order valence-electron chi connectivity index (χ1n) is 9.13. The molecular formula is C21H25FN4O3S. The van der Waals surface area contributed by atoms with Crippen molar-refractivity contribution in [1.29, 1.82) is 0 Å². The van der Waals surface area contributed by atoms with Gasteiger partial charge in [-0.2, -0.15) is 0 Å². The van der Waals surface area contributed by atoms with Crippen LogP contribution in [0.5, 0.6) is 0 Å². The molecule has 0 saturated heterocycles. The van der Waals surface area contributed by atoms with Gasteiger partial charge in [0, 0.05) is 30.4 Å². The number of carbonyl (C=O) groups is 1. The van der Waals surface area contributed by atoms with Gasteiger partial charge in [0.05, 0.1) is 17.6 Å². The van der Waals surface area contributed by atoms with Gasteiger partial charge in [-0.1, -0.05) is 6.58 Å². The summed E-state index contributed by atoms with van der Waals surface area (Å²) in [5, 5.41) is 2.52. The molecule has 0 aliphatic rings. The number of carbonyl (C=O) groups excluding carboxylic acids is 1. The molecule has 30 heavy (non-hydrogen) atoms. The first kappa shape index (κ1) is 23.1. The molecule has 0 bridgehead atoms. The summed E-state index contributed by atoms with van der Waals surface area (Å²) in [7, 11) is -2.10. The van der Waals surface area contributed by atoms with Gasteiger partial charge in [-0.05, 0) is 55.8 Å². The number of nitrogen functional groups attached to an aromatic ring is 1. The molecule has 0 aliphatic carbocycles. The van der Waals surface area contributed by atoms with Crippen molar-refractivity contribution in [1.82, 2.24) is 5.32 Å². The smallest absolute Gasteiger partial charge is 0.270 e. The van der Waals surface area contributed by atoms with E-state index >= 15 is 0 Å². The van der Waals surface area contributed by atoms with E-state index in [9.17, 15) is 17.6 Å². The van der Waals surface area contributed by atoms with E-state index in [1.165, 1.54) is 41.7 Å². The van der Waals surface area contributed by atoms with Crippen LogP contribution in [0.3, 0.4) is 0 Å². The molecule has 0 unspecified atom stereocenters. The molecule has 0 radical (unpaired) electrons. The highest BCUT2D eigenvalue weighted by atomic mass is 32.2. The number of nitrogens with two attached hydrogens (primary N) is 1. The maximum Gasteiger partial charge on any atom is 0.270 e. The van der Waals surface area contributed by atoms with Crippen molar-refractivity contribution in [2.45, 2.75) is 13.8 Å². The van der Waals surface area contributed by atoms with Crippen LogP contribution in [0.2, 0.25) is 0 Å². The number of aliphatic imine (C=N–C) groups is 1. The number of halogens is 1. The van der Waals surface area contributed by atoms with Crippen LogP contribution in [0.25, 0.3) is 5.57 Å². The minimum absolute atomic E-state index is 0.0121. The van der Waals surface area contributed by atoms with E-state index in [-0.39, 0.29) is 17.9 Å². The predicted octanol–water partition coefficient (Wildman–Crippen LogP) is 3.09. The molecule has 160 valence electrons. The fraction of sp³-hybridized carbons (Fsp3) is 0.238. The summed E-state index contributed by atoms with van der Waals surface area (Å²) in [4.78, 5) is 16.9. The van der Waals surface area contributed by atoms with Gasteiger partial charge in [0.1, 0.15) is 11.5 Å². The van der Waals surface area contributed by atoms with E-state index in [4.69, 9.17) is 5.73 Å². The zero-order chi connectivity index (χ0) is 22.6. The molecule has 0 heterocycles. The third kappa shape index (κ3) is 5.04. The standard InChI is InChI=1S/C21H25FN4O3S/c1-6-26(30(5,28)29)19-12-18(23)17(11-16(19)13(2)3)20(21(27)24-4)25-15-9-7-14(22)8-10-15/h7-12H,2,6,23H2,1,3-5H3,(H,24,27). The van der Waals surface area contributed by atoms with Crippen LogP contribution >= 0.6 is 0 Å². The number of likely N-dealkylation sites (N-methyl/N-ethyl adjacent to an activating group) is 1. The van der Waals surface area contributed by atoms with Crippen LogP contribution in [0.4, 0.5) is 21.5 Å². The Labute approximate surface area is 176 Å². The highest BCUT2D eigenvalue weighted by Crippen LogP contribution is 2.33. The average Bonchev–Trinajstić information content (AvgIpc) is 2.66. The molecule has 2 rings (SSSR count). The summed E-state index contributed by atoms with van der Waals surface area (Å²) in [6.45, 7) is 7.56. The van der Waals surface area contributed by atoms with Crippen molar-refractivity contribution in [2.75, 3.05) is 29.9 Å². The number of hydrogen-bond donors (Lipinski definition) is 2. The van der Waals surface area contributed by atoms with Gasteiger partial charge < -0.3 is 11.1 Å². The van der Waals surface area contributed by atoms with E-state index in [0.717, 1.165) is 6.26 Å². The maximum atomic E-state index is 13.2. The van der Waals surface area contributed by atoms with Crippen molar-refractivity contribution < 1.29 is 17.6 Å². The lowest BCUT2D eigenvalue weighted by Gasteiger charge is -2.25. The normalized spacial score (nSPS) is 11.8. The van der Waals surface area contributed by atoms with E-state index < -0.39 is 21.7 Å². The minimum Gasteiger partial charge on any atom is -0.398 e. The number of amides is 1. The Balaban J connectivity index is 2.77. The van der Waals surface area contributed by atoms with Crippen LogP contribution in [-0.4, -0.2) is 39.9 Å². The quantitative estimate of drug-likeness (QED) is 0.518. The second kappa shape index (κ2) is 9.08. The van der Waals surface area contributed by atoms with Crippen LogP contribution in [-0.2, 0) is 14.8 Å². The van der Waals surface area contributed by atoms with Gasteiger partial charge >= 0.3 is 0 Å². The largest absolute Gasteiger partial charge is 0.398 e. The molecule has 2 aromatic carbocycles. The molecule has 7 nitrogen and oxygen atoms in total. The Morgan fingerprint density at radius 3 is 2.30 bits per heavy atom. The van der Waals surface area contributed by atoms with Gasteiger partial charge in [0.25, 0.3) is 5.91 Å². The number of nitrogens with zero attached hydrogens (tertiary/aromatic N) is 2. The highest BCUT2D eigenvalue weighted by Gasteiger charge is 2.24. The van der Waals surface area contributed by atoms with Gasteiger partial charge in [0.15, 0.2) is 0 Å². The zero-order valence-electron chi connectivity index (χ0n) is 17.4. The monoisotopic (exact) mass is 432 g/mol. The third-order valence-electron chi connectivity index (χ3n) is 4.35. The third-order valence-corrected chi connectivity index (χ3v) is 5.60. The Hall–Kier alpha value is -3.20. The van der Waals surface area contributed by atoms with Crippen LogP contribution in [0.15, 0.2) is 48.0 Å². The number of benzene rings is 2. The van der Waals surface area contributed by atoms with Crippen molar-refractivity contribution in [3.05, 3.63) is 59.9 Å².